The monoisotopic (exact) mass is 270 g/mol. The Morgan fingerprint density at radius 2 is 2.22 bits per heavy atom. The molecule has 3 atom stereocenters. The minimum absolute atomic E-state index is 0.505. The lowest BCUT2D eigenvalue weighted by Gasteiger charge is -2.27. The Morgan fingerprint density at radius 1 is 1.33 bits per heavy atom. The molecular weight excluding hydrogens is 240 g/mol. The van der Waals surface area contributed by atoms with Gasteiger partial charge < -0.3 is 10.6 Å². The summed E-state index contributed by atoms with van der Waals surface area (Å²) in [4.78, 5) is 0. The first kappa shape index (κ1) is 14.7. The van der Waals surface area contributed by atoms with Crippen molar-refractivity contribution in [1.29, 1.82) is 0 Å². The highest BCUT2D eigenvalue weighted by molar-refractivity contribution is 8.00. The summed E-state index contributed by atoms with van der Waals surface area (Å²) in [7, 11) is 0. The highest BCUT2D eigenvalue weighted by Crippen LogP contribution is 2.37. The first-order valence-corrected chi connectivity index (χ1v) is 8.77. The van der Waals surface area contributed by atoms with Crippen LogP contribution in [0.4, 0.5) is 0 Å². The van der Waals surface area contributed by atoms with Crippen molar-refractivity contribution in [3.63, 3.8) is 0 Å². The maximum Gasteiger partial charge on any atom is 0.0256 e. The summed E-state index contributed by atoms with van der Waals surface area (Å²) in [5.41, 5.74) is 0. The van der Waals surface area contributed by atoms with Crippen molar-refractivity contribution in [2.45, 2.75) is 75.6 Å². The van der Waals surface area contributed by atoms with Crippen molar-refractivity contribution in [2.75, 3.05) is 18.8 Å². The largest absolute Gasteiger partial charge is 0.314 e. The zero-order valence-electron chi connectivity index (χ0n) is 12.1. The van der Waals surface area contributed by atoms with Gasteiger partial charge in [0.05, 0.1) is 0 Å². The molecule has 0 spiro atoms. The third kappa shape index (κ3) is 4.75. The van der Waals surface area contributed by atoms with Gasteiger partial charge in [0.2, 0.25) is 0 Å². The van der Waals surface area contributed by atoms with E-state index in [0.29, 0.717) is 10.8 Å². The second kappa shape index (κ2) is 7.16. The molecule has 0 amide bonds. The van der Waals surface area contributed by atoms with E-state index in [0.717, 1.165) is 6.04 Å². The summed E-state index contributed by atoms with van der Waals surface area (Å²) in [5, 5.41) is 7.48. The van der Waals surface area contributed by atoms with E-state index in [4.69, 9.17) is 0 Å². The van der Waals surface area contributed by atoms with Crippen LogP contribution >= 0.6 is 11.8 Å². The van der Waals surface area contributed by atoms with Crippen LogP contribution in [0.2, 0.25) is 0 Å². The van der Waals surface area contributed by atoms with Gasteiger partial charge in [-0.3, -0.25) is 0 Å². The van der Waals surface area contributed by atoms with Gasteiger partial charge in [-0.25, -0.2) is 0 Å². The summed E-state index contributed by atoms with van der Waals surface area (Å²) in [6.45, 7) is 7.19. The van der Waals surface area contributed by atoms with E-state index in [1.165, 1.54) is 63.8 Å². The molecule has 2 aliphatic heterocycles. The van der Waals surface area contributed by atoms with Gasteiger partial charge in [-0.1, -0.05) is 12.8 Å². The Balaban J connectivity index is 1.66. The Hall–Kier alpha value is 0.270. The topological polar surface area (TPSA) is 24.1 Å². The maximum atomic E-state index is 3.77. The predicted octanol–water partition coefficient (Wildman–Crippen LogP) is 3.17. The molecule has 3 unspecified atom stereocenters. The third-order valence-corrected chi connectivity index (χ3v) is 5.96. The number of nitrogens with one attached hydrogen (secondary N) is 2. The van der Waals surface area contributed by atoms with Crippen molar-refractivity contribution >= 4 is 11.8 Å². The first-order valence-electron chi connectivity index (χ1n) is 7.79. The molecular formula is C15H30N2S. The molecule has 0 bridgehead atoms. The number of hydrogen-bond donors (Lipinski definition) is 2. The number of hydrogen-bond acceptors (Lipinski definition) is 3. The van der Waals surface area contributed by atoms with Gasteiger partial charge in [-0.2, -0.15) is 11.8 Å². The van der Waals surface area contributed by atoms with Crippen LogP contribution in [0.3, 0.4) is 0 Å². The van der Waals surface area contributed by atoms with Gasteiger partial charge >= 0.3 is 0 Å². The van der Waals surface area contributed by atoms with Gasteiger partial charge in [0.25, 0.3) is 0 Å². The number of thioether (sulfide) groups is 1. The van der Waals surface area contributed by atoms with Crippen LogP contribution in [0.1, 0.15) is 58.8 Å². The van der Waals surface area contributed by atoms with Gasteiger partial charge in [0.15, 0.2) is 0 Å². The second-order valence-electron chi connectivity index (χ2n) is 6.42. The van der Waals surface area contributed by atoms with Crippen LogP contribution in [0.15, 0.2) is 0 Å². The van der Waals surface area contributed by atoms with Crippen molar-refractivity contribution in [1.82, 2.24) is 10.6 Å². The zero-order chi connectivity index (χ0) is 12.8. The van der Waals surface area contributed by atoms with Gasteiger partial charge in [-0.15, -0.1) is 0 Å². The van der Waals surface area contributed by atoms with Crippen LogP contribution < -0.4 is 10.6 Å². The van der Waals surface area contributed by atoms with E-state index in [-0.39, 0.29) is 0 Å². The van der Waals surface area contributed by atoms with Crippen LogP contribution in [0.25, 0.3) is 0 Å². The number of rotatable bonds is 5. The van der Waals surface area contributed by atoms with Gasteiger partial charge in [-0.05, 0) is 58.2 Å². The molecule has 2 N–H and O–H groups in total. The summed E-state index contributed by atoms with van der Waals surface area (Å²) in [5.74, 6) is 1.36. The standard InChI is InChI=1S/C15H30N2S/c1-13(11-14-7-4-3-5-9-16-14)17-12-15(2)8-6-10-18-15/h13-14,16-17H,3-12H2,1-2H3. The molecule has 2 aliphatic rings. The molecule has 106 valence electrons. The molecule has 0 aliphatic carbocycles. The fourth-order valence-corrected chi connectivity index (χ4v) is 4.43. The molecule has 2 saturated heterocycles. The average molecular weight is 270 g/mol. The van der Waals surface area contributed by atoms with E-state index < -0.39 is 0 Å². The molecule has 18 heavy (non-hydrogen) atoms. The molecule has 0 aromatic heterocycles. The zero-order valence-corrected chi connectivity index (χ0v) is 13.0. The second-order valence-corrected chi connectivity index (χ2v) is 8.10. The van der Waals surface area contributed by atoms with E-state index in [9.17, 15) is 0 Å². The van der Waals surface area contributed by atoms with E-state index in [2.05, 4.69) is 36.2 Å². The fourth-order valence-electron chi connectivity index (χ4n) is 3.18. The quantitative estimate of drug-likeness (QED) is 0.802. The summed E-state index contributed by atoms with van der Waals surface area (Å²) < 4.78 is 0.505. The predicted molar refractivity (Wildman–Crippen MR) is 82.4 cm³/mol. The minimum Gasteiger partial charge on any atom is -0.314 e. The SMILES string of the molecule is CC(CC1CCCCCN1)NCC1(C)CCCS1. The van der Waals surface area contributed by atoms with Gasteiger partial charge in [0.1, 0.15) is 0 Å². The molecule has 0 aromatic carbocycles. The van der Waals surface area contributed by atoms with E-state index >= 15 is 0 Å². The Morgan fingerprint density at radius 3 is 3.00 bits per heavy atom. The Kier molecular flexibility index (Phi) is 5.84. The molecule has 0 radical (unpaired) electrons. The summed E-state index contributed by atoms with van der Waals surface area (Å²) in [6, 6.07) is 1.40. The first-order chi connectivity index (χ1) is 8.68. The van der Waals surface area contributed by atoms with Crippen molar-refractivity contribution in [3.8, 4) is 0 Å². The average Bonchev–Trinajstić information content (AvgIpc) is 2.62. The van der Waals surface area contributed by atoms with Crippen molar-refractivity contribution in [3.05, 3.63) is 0 Å². The lowest BCUT2D eigenvalue weighted by molar-refractivity contribution is 0.389. The van der Waals surface area contributed by atoms with E-state index in [1.807, 2.05) is 0 Å². The summed E-state index contributed by atoms with van der Waals surface area (Å²) in [6.07, 6.45) is 9.66. The smallest absolute Gasteiger partial charge is 0.0256 e. The summed E-state index contributed by atoms with van der Waals surface area (Å²) >= 11 is 2.16. The van der Waals surface area contributed by atoms with Crippen LogP contribution in [0.5, 0.6) is 0 Å². The Bertz CT molecular complexity index is 231. The van der Waals surface area contributed by atoms with Crippen LogP contribution in [-0.4, -0.2) is 35.7 Å². The molecule has 2 fully saturated rings. The fraction of sp³-hybridized carbons (Fsp3) is 1.00. The lowest BCUT2D eigenvalue weighted by Crippen LogP contribution is -2.41. The molecule has 2 nitrogen and oxygen atoms in total. The van der Waals surface area contributed by atoms with Crippen molar-refractivity contribution in [2.24, 2.45) is 0 Å². The normalized spacial score (nSPS) is 35.3. The molecule has 2 heterocycles. The third-order valence-electron chi connectivity index (χ3n) is 4.43. The molecule has 0 aromatic rings. The highest BCUT2D eigenvalue weighted by Gasteiger charge is 2.29. The Labute approximate surface area is 117 Å². The highest BCUT2D eigenvalue weighted by atomic mass is 32.2. The minimum atomic E-state index is 0.505. The van der Waals surface area contributed by atoms with E-state index in [1.54, 1.807) is 0 Å². The molecule has 0 saturated carbocycles. The van der Waals surface area contributed by atoms with Crippen LogP contribution in [-0.2, 0) is 0 Å². The lowest BCUT2D eigenvalue weighted by atomic mass is 10.0. The molecule has 2 rings (SSSR count). The molecule has 3 heteroatoms. The van der Waals surface area contributed by atoms with Crippen LogP contribution in [0, 0.1) is 0 Å². The van der Waals surface area contributed by atoms with Crippen molar-refractivity contribution < 1.29 is 0 Å². The maximum absolute atomic E-state index is 3.77. The van der Waals surface area contributed by atoms with Gasteiger partial charge in [0, 0.05) is 23.4 Å².